The van der Waals surface area contributed by atoms with Crippen molar-refractivity contribution in [3.05, 3.63) is 30.2 Å². The van der Waals surface area contributed by atoms with Crippen molar-refractivity contribution in [3.63, 3.8) is 0 Å². The molecule has 2 N–H and O–H groups in total. The topological polar surface area (TPSA) is 64.9 Å². The van der Waals surface area contributed by atoms with Crippen molar-refractivity contribution in [2.45, 2.75) is 42.5 Å². The first-order valence-corrected chi connectivity index (χ1v) is 8.22. The lowest BCUT2D eigenvalue weighted by molar-refractivity contribution is 0.299. The molecule has 1 saturated carbocycles. The van der Waals surface area contributed by atoms with Gasteiger partial charge in [-0.3, -0.25) is 0 Å². The molecular weight excluding hydrogens is 270 g/mol. The molecule has 2 atom stereocenters. The minimum atomic E-state index is 0.268. The van der Waals surface area contributed by atoms with Crippen molar-refractivity contribution in [1.82, 2.24) is 10.1 Å². The Hall–Kier alpha value is -1.33. The van der Waals surface area contributed by atoms with Gasteiger partial charge in [-0.15, -0.1) is 11.8 Å². The summed E-state index contributed by atoms with van der Waals surface area (Å²) in [5, 5.41) is 4.11. The van der Waals surface area contributed by atoms with Crippen LogP contribution in [0.2, 0.25) is 0 Å². The van der Waals surface area contributed by atoms with Gasteiger partial charge in [-0.25, -0.2) is 0 Å². The highest BCUT2D eigenvalue weighted by Gasteiger charge is 2.25. The number of nitrogens with zero attached hydrogens (tertiary/aromatic N) is 2. The predicted octanol–water partition coefficient (Wildman–Crippen LogP) is 3.44. The molecule has 0 aliphatic heterocycles. The highest BCUT2D eigenvalue weighted by atomic mass is 32.2. The van der Waals surface area contributed by atoms with E-state index in [0.717, 1.165) is 37.1 Å². The molecule has 0 bridgehead atoms. The van der Waals surface area contributed by atoms with E-state index in [4.69, 9.17) is 10.3 Å². The van der Waals surface area contributed by atoms with Gasteiger partial charge < -0.3 is 10.3 Å². The Morgan fingerprint density at radius 3 is 2.75 bits per heavy atom. The van der Waals surface area contributed by atoms with Crippen LogP contribution in [0.25, 0.3) is 11.4 Å². The molecule has 1 aliphatic rings. The van der Waals surface area contributed by atoms with Crippen LogP contribution in [0.15, 0.2) is 33.7 Å². The Labute approximate surface area is 123 Å². The van der Waals surface area contributed by atoms with Gasteiger partial charge in [0.1, 0.15) is 0 Å². The molecule has 0 amide bonds. The van der Waals surface area contributed by atoms with E-state index in [9.17, 15) is 0 Å². The summed E-state index contributed by atoms with van der Waals surface area (Å²) in [5.41, 5.74) is 7.02. The van der Waals surface area contributed by atoms with Crippen molar-refractivity contribution < 1.29 is 4.52 Å². The molecule has 4 nitrogen and oxygen atoms in total. The Morgan fingerprint density at radius 1 is 1.25 bits per heavy atom. The number of rotatable bonds is 3. The van der Waals surface area contributed by atoms with Gasteiger partial charge >= 0.3 is 0 Å². The van der Waals surface area contributed by atoms with Crippen LogP contribution < -0.4 is 5.73 Å². The van der Waals surface area contributed by atoms with Crippen LogP contribution in [0, 0.1) is 0 Å². The minimum Gasteiger partial charge on any atom is -0.339 e. The number of hydrogen-bond donors (Lipinski definition) is 1. The third kappa shape index (κ3) is 2.88. The fourth-order valence-corrected chi connectivity index (χ4v) is 3.12. The van der Waals surface area contributed by atoms with Crippen LogP contribution >= 0.6 is 11.8 Å². The van der Waals surface area contributed by atoms with Gasteiger partial charge in [0.05, 0.1) is 0 Å². The Morgan fingerprint density at radius 2 is 2.05 bits per heavy atom. The summed E-state index contributed by atoms with van der Waals surface area (Å²) in [6.07, 6.45) is 6.36. The van der Waals surface area contributed by atoms with E-state index in [0.29, 0.717) is 11.7 Å². The van der Waals surface area contributed by atoms with E-state index in [1.807, 2.05) is 12.1 Å². The van der Waals surface area contributed by atoms with Gasteiger partial charge in [0.25, 0.3) is 0 Å². The summed E-state index contributed by atoms with van der Waals surface area (Å²) in [6, 6.07) is 8.49. The van der Waals surface area contributed by atoms with Gasteiger partial charge in [-0.05, 0) is 49.8 Å². The number of hydrogen-bond acceptors (Lipinski definition) is 5. The predicted molar refractivity (Wildman–Crippen MR) is 80.7 cm³/mol. The molecule has 3 rings (SSSR count). The van der Waals surface area contributed by atoms with Gasteiger partial charge in [0.15, 0.2) is 0 Å². The average Bonchev–Trinajstić information content (AvgIpc) is 2.97. The van der Waals surface area contributed by atoms with E-state index >= 15 is 0 Å². The summed E-state index contributed by atoms with van der Waals surface area (Å²) in [4.78, 5) is 5.79. The monoisotopic (exact) mass is 289 g/mol. The Kier molecular flexibility index (Phi) is 4.08. The summed E-state index contributed by atoms with van der Waals surface area (Å²) in [7, 11) is 0. The number of thioether (sulfide) groups is 1. The lowest BCUT2D eigenvalue weighted by Gasteiger charge is -2.23. The van der Waals surface area contributed by atoms with Crippen molar-refractivity contribution in [2.75, 3.05) is 6.26 Å². The Balaban J connectivity index is 1.78. The van der Waals surface area contributed by atoms with Gasteiger partial charge in [-0.2, -0.15) is 4.98 Å². The van der Waals surface area contributed by atoms with Gasteiger partial charge in [-0.1, -0.05) is 11.6 Å². The Bertz CT molecular complexity index is 567. The summed E-state index contributed by atoms with van der Waals surface area (Å²) in [6.45, 7) is 0. The minimum absolute atomic E-state index is 0.268. The van der Waals surface area contributed by atoms with Gasteiger partial charge in [0, 0.05) is 22.4 Å². The zero-order chi connectivity index (χ0) is 13.9. The SMILES string of the molecule is CSc1ccc(-c2noc(C3CCCC(N)C3)n2)cc1. The molecule has 5 heteroatoms. The molecule has 106 valence electrons. The highest BCUT2D eigenvalue weighted by molar-refractivity contribution is 7.98. The molecular formula is C15H19N3OS. The quantitative estimate of drug-likeness (QED) is 0.877. The third-order valence-electron chi connectivity index (χ3n) is 3.85. The lowest BCUT2D eigenvalue weighted by atomic mass is 9.86. The van der Waals surface area contributed by atoms with Crippen LogP contribution in [0.1, 0.15) is 37.5 Å². The molecule has 20 heavy (non-hydrogen) atoms. The van der Waals surface area contributed by atoms with E-state index in [1.165, 1.54) is 4.90 Å². The normalized spacial score (nSPS) is 22.9. The van der Waals surface area contributed by atoms with Crippen LogP contribution in [0.4, 0.5) is 0 Å². The largest absolute Gasteiger partial charge is 0.339 e. The van der Waals surface area contributed by atoms with Gasteiger partial charge in [0.2, 0.25) is 11.7 Å². The summed E-state index contributed by atoms with van der Waals surface area (Å²) < 4.78 is 5.44. The molecule has 1 fully saturated rings. The van der Waals surface area contributed by atoms with Crippen molar-refractivity contribution in [2.24, 2.45) is 5.73 Å². The highest BCUT2D eigenvalue weighted by Crippen LogP contribution is 2.32. The fourth-order valence-electron chi connectivity index (χ4n) is 2.71. The maximum Gasteiger partial charge on any atom is 0.230 e. The first-order valence-electron chi connectivity index (χ1n) is 7.00. The summed E-state index contributed by atoms with van der Waals surface area (Å²) >= 11 is 1.72. The van der Waals surface area contributed by atoms with Crippen LogP contribution in [0.3, 0.4) is 0 Å². The smallest absolute Gasteiger partial charge is 0.230 e. The third-order valence-corrected chi connectivity index (χ3v) is 4.60. The zero-order valence-electron chi connectivity index (χ0n) is 11.6. The van der Waals surface area contributed by atoms with E-state index < -0.39 is 0 Å². The molecule has 1 aromatic carbocycles. The second kappa shape index (κ2) is 5.97. The average molecular weight is 289 g/mol. The standard InChI is InChI=1S/C15H19N3OS/c1-20-13-7-5-10(6-8-13)14-17-15(19-18-14)11-3-2-4-12(16)9-11/h5-8,11-12H,2-4,9,16H2,1H3. The van der Waals surface area contributed by atoms with Crippen molar-refractivity contribution in [1.29, 1.82) is 0 Å². The maximum atomic E-state index is 6.02. The lowest BCUT2D eigenvalue weighted by Crippen LogP contribution is -2.26. The van der Waals surface area contributed by atoms with Crippen LogP contribution in [-0.2, 0) is 0 Å². The molecule has 2 unspecified atom stereocenters. The zero-order valence-corrected chi connectivity index (χ0v) is 12.4. The number of aromatic nitrogens is 2. The number of benzene rings is 1. The van der Waals surface area contributed by atoms with Crippen molar-refractivity contribution >= 4 is 11.8 Å². The molecule has 1 heterocycles. The first-order chi connectivity index (χ1) is 9.76. The summed E-state index contributed by atoms with van der Waals surface area (Å²) in [5.74, 6) is 1.74. The van der Waals surface area contributed by atoms with Crippen LogP contribution in [0.5, 0.6) is 0 Å². The van der Waals surface area contributed by atoms with E-state index in [1.54, 1.807) is 11.8 Å². The second-order valence-electron chi connectivity index (χ2n) is 5.31. The fraction of sp³-hybridized carbons (Fsp3) is 0.467. The molecule has 2 aromatic rings. The molecule has 0 spiro atoms. The molecule has 1 aliphatic carbocycles. The van der Waals surface area contributed by atoms with Crippen molar-refractivity contribution in [3.8, 4) is 11.4 Å². The first kappa shape index (κ1) is 13.6. The molecule has 0 saturated heterocycles. The van der Waals surface area contributed by atoms with Crippen LogP contribution in [-0.4, -0.2) is 22.4 Å². The molecule has 0 radical (unpaired) electrons. The molecule has 1 aromatic heterocycles. The number of nitrogens with two attached hydrogens (primary N) is 1. The second-order valence-corrected chi connectivity index (χ2v) is 6.19. The van der Waals surface area contributed by atoms with E-state index in [-0.39, 0.29) is 6.04 Å². The van der Waals surface area contributed by atoms with E-state index in [2.05, 4.69) is 28.5 Å². The maximum absolute atomic E-state index is 6.02.